The number of hydrogen-bond donors (Lipinski definition) is 2. The van der Waals surface area contributed by atoms with Crippen LogP contribution in [0, 0.1) is 0 Å². The monoisotopic (exact) mass is 386 g/mol. The maximum atomic E-state index is 12.9. The Hall–Kier alpha value is -2.86. The molecule has 27 heavy (non-hydrogen) atoms. The van der Waals surface area contributed by atoms with Crippen LogP contribution in [0.3, 0.4) is 0 Å². The second kappa shape index (κ2) is 8.22. The number of aliphatic carboxylic acids is 1. The molecule has 2 N–H and O–H groups in total. The van der Waals surface area contributed by atoms with Gasteiger partial charge in [0.05, 0.1) is 6.42 Å². The minimum atomic E-state index is -1.07. The summed E-state index contributed by atoms with van der Waals surface area (Å²) < 4.78 is 0. The molecule has 6 nitrogen and oxygen atoms in total. The summed E-state index contributed by atoms with van der Waals surface area (Å²) >= 11 is 5.54. The number of nitrogens with zero attached hydrogens (tertiary/aromatic N) is 1. The van der Waals surface area contributed by atoms with E-state index in [1.165, 1.54) is 0 Å². The number of carbonyl (C=O) groups excluding carboxylic acids is 2. The number of carbonyl (C=O) groups is 3. The molecule has 0 radical (unpaired) electrons. The van der Waals surface area contributed by atoms with Crippen LogP contribution in [-0.2, 0) is 22.6 Å². The van der Waals surface area contributed by atoms with E-state index in [1.54, 1.807) is 23.1 Å². The van der Waals surface area contributed by atoms with Gasteiger partial charge in [-0.05, 0) is 41.3 Å². The summed E-state index contributed by atoms with van der Waals surface area (Å²) in [6.07, 6.45) is 0.319. The van der Waals surface area contributed by atoms with Crippen LogP contribution in [0.25, 0.3) is 0 Å². The summed E-state index contributed by atoms with van der Waals surface area (Å²) in [5.74, 6) is -1.35. The predicted octanol–water partition coefficient (Wildman–Crippen LogP) is 2.91. The van der Waals surface area contributed by atoms with Gasteiger partial charge in [0.2, 0.25) is 5.91 Å². The van der Waals surface area contributed by atoms with Crippen LogP contribution in [0.5, 0.6) is 0 Å². The molecule has 1 aliphatic heterocycles. The molecule has 1 heterocycles. The van der Waals surface area contributed by atoms with Crippen LogP contribution in [0.15, 0.2) is 48.5 Å². The number of carboxylic acid groups (broad SMARTS) is 1. The first kappa shape index (κ1) is 18.9. The quantitative estimate of drug-likeness (QED) is 0.745. The van der Waals surface area contributed by atoms with E-state index in [1.807, 2.05) is 30.3 Å². The third-order valence-corrected chi connectivity index (χ3v) is 4.75. The molecule has 0 aliphatic carbocycles. The van der Waals surface area contributed by atoms with Gasteiger partial charge < -0.3 is 15.3 Å². The number of anilines is 1. The van der Waals surface area contributed by atoms with E-state index in [0.717, 1.165) is 11.1 Å². The van der Waals surface area contributed by atoms with Gasteiger partial charge in [-0.2, -0.15) is 0 Å². The fourth-order valence-corrected chi connectivity index (χ4v) is 3.25. The Morgan fingerprint density at radius 1 is 1.19 bits per heavy atom. The summed E-state index contributed by atoms with van der Waals surface area (Å²) in [6, 6.07) is 13.8. The van der Waals surface area contributed by atoms with Gasteiger partial charge in [0.25, 0.3) is 5.24 Å². The SMILES string of the molecule is O=C(O)C[C@H]1Nc2cc(C(=O)Cl)ccc2CN(CCc2ccccc2)C1=O. The highest BCUT2D eigenvalue weighted by molar-refractivity contribution is 6.67. The lowest BCUT2D eigenvalue weighted by Crippen LogP contribution is -2.42. The Morgan fingerprint density at radius 2 is 1.93 bits per heavy atom. The third kappa shape index (κ3) is 4.65. The number of halogens is 1. The lowest BCUT2D eigenvalue weighted by molar-refractivity contribution is -0.141. The summed E-state index contributed by atoms with van der Waals surface area (Å²) in [5.41, 5.74) is 2.76. The molecule has 140 valence electrons. The van der Waals surface area contributed by atoms with Gasteiger partial charge in [0.1, 0.15) is 6.04 Å². The minimum absolute atomic E-state index is 0.275. The third-order valence-electron chi connectivity index (χ3n) is 4.53. The molecule has 1 atom stereocenters. The number of benzene rings is 2. The summed E-state index contributed by atoms with van der Waals surface area (Å²) in [4.78, 5) is 37.2. The average Bonchev–Trinajstić information content (AvgIpc) is 2.77. The number of nitrogens with one attached hydrogen (secondary N) is 1. The van der Waals surface area contributed by atoms with Crippen LogP contribution in [0.4, 0.5) is 5.69 Å². The molecule has 2 aromatic carbocycles. The maximum absolute atomic E-state index is 12.9. The smallest absolute Gasteiger partial charge is 0.305 e. The van der Waals surface area contributed by atoms with E-state index in [2.05, 4.69) is 5.32 Å². The Kier molecular flexibility index (Phi) is 5.76. The van der Waals surface area contributed by atoms with Crippen LogP contribution in [0.1, 0.15) is 27.9 Å². The number of carboxylic acids is 1. The maximum Gasteiger partial charge on any atom is 0.305 e. The van der Waals surface area contributed by atoms with Gasteiger partial charge in [-0.3, -0.25) is 14.4 Å². The summed E-state index contributed by atoms with van der Waals surface area (Å²) in [7, 11) is 0. The second-order valence-corrected chi connectivity index (χ2v) is 6.78. The van der Waals surface area contributed by atoms with Crippen molar-refractivity contribution >= 4 is 34.4 Å². The van der Waals surface area contributed by atoms with Gasteiger partial charge in [0.15, 0.2) is 0 Å². The number of amides is 1. The van der Waals surface area contributed by atoms with E-state index in [0.29, 0.717) is 30.8 Å². The normalized spacial score (nSPS) is 16.3. The fraction of sp³-hybridized carbons (Fsp3) is 0.250. The molecule has 0 unspecified atom stereocenters. The summed E-state index contributed by atoms with van der Waals surface area (Å²) in [6.45, 7) is 0.803. The molecule has 7 heteroatoms. The fourth-order valence-electron chi connectivity index (χ4n) is 3.14. The molecule has 0 fully saturated rings. The largest absolute Gasteiger partial charge is 0.481 e. The van der Waals surface area contributed by atoms with Crippen molar-refractivity contribution in [1.29, 1.82) is 0 Å². The van der Waals surface area contributed by atoms with Crippen LogP contribution >= 0.6 is 11.6 Å². The lowest BCUT2D eigenvalue weighted by Gasteiger charge is -2.24. The zero-order chi connectivity index (χ0) is 19.4. The zero-order valence-corrected chi connectivity index (χ0v) is 15.3. The van der Waals surface area contributed by atoms with Crippen LogP contribution in [0.2, 0.25) is 0 Å². The van der Waals surface area contributed by atoms with Crippen molar-refractivity contribution in [1.82, 2.24) is 4.90 Å². The molecule has 0 bridgehead atoms. The van der Waals surface area contributed by atoms with Gasteiger partial charge >= 0.3 is 5.97 Å². The van der Waals surface area contributed by atoms with Crippen molar-refractivity contribution in [3.63, 3.8) is 0 Å². The van der Waals surface area contributed by atoms with Crippen molar-refractivity contribution in [2.24, 2.45) is 0 Å². The average molecular weight is 387 g/mol. The highest BCUT2D eigenvalue weighted by Gasteiger charge is 2.31. The van der Waals surface area contributed by atoms with Crippen LogP contribution in [-0.4, -0.2) is 39.7 Å². The standard InChI is InChI=1S/C20H19ClN2O4/c21-19(26)14-6-7-15-12-23(9-8-13-4-2-1-3-5-13)20(27)17(11-18(24)25)22-16(15)10-14/h1-7,10,17,22H,8-9,11-12H2,(H,24,25)/t17-/m1/s1. The minimum Gasteiger partial charge on any atom is -0.481 e. The van der Waals surface area contributed by atoms with Gasteiger partial charge in [-0.1, -0.05) is 36.4 Å². The van der Waals surface area contributed by atoms with E-state index < -0.39 is 17.3 Å². The second-order valence-electron chi connectivity index (χ2n) is 6.44. The number of fused-ring (bicyclic) bond motifs is 1. The Bertz CT molecular complexity index is 870. The molecular weight excluding hydrogens is 368 g/mol. The number of rotatable bonds is 6. The molecular formula is C20H19ClN2O4. The van der Waals surface area contributed by atoms with Crippen molar-refractivity contribution in [3.8, 4) is 0 Å². The first-order valence-electron chi connectivity index (χ1n) is 8.58. The first-order chi connectivity index (χ1) is 12.9. The Morgan fingerprint density at radius 3 is 2.59 bits per heavy atom. The number of hydrogen-bond acceptors (Lipinski definition) is 4. The topological polar surface area (TPSA) is 86.7 Å². The van der Waals surface area contributed by atoms with Crippen LogP contribution < -0.4 is 5.32 Å². The van der Waals surface area contributed by atoms with Crippen molar-refractivity contribution < 1.29 is 19.5 Å². The molecule has 1 amide bonds. The Balaban J connectivity index is 1.87. The van der Waals surface area contributed by atoms with Gasteiger partial charge in [0, 0.05) is 24.3 Å². The summed E-state index contributed by atoms with van der Waals surface area (Å²) in [5, 5.41) is 11.5. The molecule has 0 saturated carbocycles. The van der Waals surface area contributed by atoms with Gasteiger partial charge in [-0.25, -0.2) is 0 Å². The molecule has 0 spiro atoms. The highest BCUT2D eigenvalue weighted by atomic mass is 35.5. The first-order valence-corrected chi connectivity index (χ1v) is 8.95. The molecule has 0 saturated heterocycles. The van der Waals surface area contributed by atoms with E-state index >= 15 is 0 Å². The molecule has 2 aromatic rings. The molecule has 3 rings (SSSR count). The van der Waals surface area contributed by atoms with E-state index in [-0.39, 0.29) is 12.3 Å². The van der Waals surface area contributed by atoms with E-state index in [9.17, 15) is 19.5 Å². The van der Waals surface area contributed by atoms with Gasteiger partial charge in [-0.15, -0.1) is 0 Å². The van der Waals surface area contributed by atoms with Crippen molar-refractivity contribution in [2.45, 2.75) is 25.4 Å². The highest BCUT2D eigenvalue weighted by Crippen LogP contribution is 2.26. The lowest BCUT2D eigenvalue weighted by atomic mass is 10.1. The predicted molar refractivity (Wildman–Crippen MR) is 102 cm³/mol. The Labute approximate surface area is 161 Å². The molecule has 1 aliphatic rings. The zero-order valence-electron chi connectivity index (χ0n) is 14.5. The molecule has 0 aromatic heterocycles. The van der Waals surface area contributed by atoms with Crippen molar-refractivity contribution in [3.05, 3.63) is 65.2 Å². The van der Waals surface area contributed by atoms with Crippen molar-refractivity contribution in [2.75, 3.05) is 11.9 Å². The van der Waals surface area contributed by atoms with E-state index in [4.69, 9.17) is 11.6 Å².